The van der Waals surface area contributed by atoms with Crippen LogP contribution in [0.4, 0.5) is 0 Å². The molecule has 0 aliphatic carbocycles. The molecule has 3 rings (SSSR count). The first-order valence-corrected chi connectivity index (χ1v) is 9.57. The topological polar surface area (TPSA) is 50.3 Å². The van der Waals surface area contributed by atoms with Crippen LogP contribution >= 0.6 is 22.9 Å². The monoisotopic (exact) mass is 342 g/mol. The van der Waals surface area contributed by atoms with Crippen molar-refractivity contribution < 1.29 is 8.42 Å². The van der Waals surface area contributed by atoms with E-state index in [2.05, 4.69) is 4.98 Å². The van der Waals surface area contributed by atoms with Crippen LogP contribution in [0.25, 0.3) is 0 Å². The average molecular weight is 343 g/mol. The molecular weight excluding hydrogens is 328 g/mol. The van der Waals surface area contributed by atoms with Gasteiger partial charge in [-0.2, -0.15) is 4.31 Å². The summed E-state index contributed by atoms with van der Waals surface area (Å²) < 4.78 is 27.0. The van der Waals surface area contributed by atoms with E-state index in [0.717, 1.165) is 17.8 Å². The van der Waals surface area contributed by atoms with Crippen molar-refractivity contribution in [1.82, 2.24) is 9.29 Å². The van der Waals surface area contributed by atoms with Crippen LogP contribution in [-0.2, 0) is 15.8 Å². The van der Waals surface area contributed by atoms with Gasteiger partial charge >= 0.3 is 0 Å². The molecule has 21 heavy (non-hydrogen) atoms. The Hall–Kier alpha value is -0.950. The molecule has 1 aliphatic heterocycles. The molecule has 2 aromatic rings. The van der Waals surface area contributed by atoms with Gasteiger partial charge in [-0.1, -0.05) is 29.8 Å². The van der Waals surface area contributed by atoms with E-state index in [-0.39, 0.29) is 11.8 Å². The van der Waals surface area contributed by atoms with Gasteiger partial charge in [-0.3, -0.25) is 0 Å². The van der Waals surface area contributed by atoms with Crippen molar-refractivity contribution in [2.75, 3.05) is 6.54 Å². The zero-order valence-corrected chi connectivity index (χ0v) is 13.7. The predicted octanol–water partition coefficient (Wildman–Crippen LogP) is 3.46. The standard InChI is InChI=1S/C14H15ClN2O2S2/c15-12-5-2-1-4-11(12)10-21(18,19)17-8-3-6-13(17)14-16-7-9-20-14/h1-2,4-5,7,9,13H,3,6,8,10H2. The fourth-order valence-electron chi connectivity index (χ4n) is 2.61. The highest BCUT2D eigenvalue weighted by molar-refractivity contribution is 7.88. The highest BCUT2D eigenvalue weighted by Gasteiger charge is 2.36. The van der Waals surface area contributed by atoms with Gasteiger partial charge in [-0.05, 0) is 24.5 Å². The minimum absolute atomic E-state index is 0.0610. The second kappa shape index (κ2) is 6.04. The summed E-state index contributed by atoms with van der Waals surface area (Å²) in [6.07, 6.45) is 3.42. The first-order chi connectivity index (χ1) is 10.1. The molecular formula is C14H15ClN2O2S2. The summed E-state index contributed by atoms with van der Waals surface area (Å²) in [6.45, 7) is 0.553. The van der Waals surface area contributed by atoms with Gasteiger partial charge in [-0.25, -0.2) is 13.4 Å². The summed E-state index contributed by atoms with van der Waals surface area (Å²) in [5.41, 5.74) is 0.643. The molecule has 0 amide bonds. The van der Waals surface area contributed by atoms with Crippen molar-refractivity contribution in [1.29, 1.82) is 0 Å². The van der Waals surface area contributed by atoms with Gasteiger partial charge in [0, 0.05) is 23.1 Å². The van der Waals surface area contributed by atoms with E-state index in [1.54, 1.807) is 34.8 Å². The van der Waals surface area contributed by atoms with Gasteiger partial charge in [0.15, 0.2) is 0 Å². The van der Waals surface area contributed by atoms with Gasteiger partial charge in [0.25, 0.3) is 0 Å². The van der Waals surface area contributed by atoms with Gasteiger partial charge in [0.1, 0.15) is 5.01 Å². The number of nitrogens with zero attached hydrogens (tertiary/aromatic N) is 2. The third kappa shape index (κ3) is 3.13. The zero-order chi connectivity index (χ0) is 14.9. The summed E-state index contributed by atoms with van der Waals surface area (Å²) in [4.78, 5) is 4.27. The lowest BCUT2D eigenvalue weighted by molar-refractivity contribution is 0.395. The van der Waals surface area contributed by atoms with Gasteiger partial charge in [-0.15, -0.1) is 11.3 Å². The first kappa shape index (κ1) is 15.0. The average Bonchev–Trinajstić information content (AvgIpc) is 3.11. The molecule has 0 N–H and O–H groups in total. The number of thiazole rings is 1. The third-order valence-corrected chi connectivity index (χ3v) is 6.67. The number of halogens is 1. The van der Waals surface area contributed by atoms with E-state index in [0.29, 0.717) is 17.1 Å². The van der Waals surface area contributed by atoms with Crippen molar-refractivity contribution in [3.05, 3.63) is 51.4 Å². The number of benzene rings is 1. The Morgan fingerprint density at radius 2 is 2.19 bits per heavy atom. The van der Waals surface area contributed by atoms with Crippen molar-refractivity contribution in [2.45, 2.75) is 24.6 Å². The Bertz CT molecular complexity index is 716. The molecule has 1 aromatic carbocycles. The zero-order valence-electron chi connectivity index (χ0n) is 11.3. The van der Waals surface area contributed by atoms with E-state index in [1.807, 2.05) is 5.38 Å². The number of aromatic nitrogens is 1. The highest BCUT2D eigenvalue weighted by Crippen LogP contribution is 2.36. The molecule has 0 radical (unpaired) electrons. The molecule has 0 spiro atoms. The molecule has 1 aliphatic rings. The summed E-state index contributed by atoms with van der Waals surface area (Å²) >= 11 is 7.59. The minimum atomic E-state index is -3.40. The number of rotatable bonds is 4. The summed E-state index contributed by atoms with van der Waals surface area (Å²) in [5.74, 6) is -0.0610. The van der Waals surface area contributed by atoms with Crippen LogP contribution < -0.4 is 0 Å². The fourth-order valence-corrected chi connectivity index (χ4v) is 5.56. The normalized spacial score (nSPS) is 20.0. The Kier molecular flexibility index (Phi) is 4.31. The maximum absolute atomic E-state index is 12.7. The Morgan fingerprint density at radius 1 is 1.38 bits per heavy atom. The van der Waals surface area contributed by atoms with Gasteiger partial charge < -0.3 is 0 Å². The van der Waals surface area contributed by atoms with E-state index < -0.39 is 10.0 Å². The molecule has 2 heterocycles. The summed E-state index contributed by atoms with van der Waals surface area (Å²) in [6, 6.07) is 6.95. The van der Waals surface area contributed by atoms with Crippen LogP contribution in [0, 0.1) is 0 Å². The van der Waals surface area contributed by atoms with Gasteiger partial charge in [0.05, 0.1) is 11.8 Å². The van der Waals surface area contributed by atoms with Crippen molar-refractivity contribution >= 4 is 33.0 Å². The molecule has 1 saturated heterocycles. The Morgan fingerprint density at radius 3 is 2.90 bits per heavy atom. The minimum Gasteiger partial charge on any atom is -0.248 e. The number of sulfonamides is 1. The maximum atomic E-state index is 12.7. The maximum Gasteiger partial charge on any atom is 0.218 e. The molecule has 1 atom stereocenters. The Labute approximate surface area is 133 Å². The summed E-state index contributed by atoms with van der Waals surface area (Å²) in [7, 11) is -3.40. The van der Waals surface area contributed by atoms with Crippen molar-refractivity contribution in [3.63, 3.8) is 0 Å². The SMILES string of the molecule is O=S(=O)(Cc1ccccc1Cl)N1CCCC1c1nccs1. The molecule has 112 valence electrons. The van der Waals surface area contributed by atoms with E-state index in [4.69, 9.17) is 11.6 Å². The number of hydrogen-bond donors (Lipinski definition) is 0. The molecule has 1 fully saturated rings. The first-order valence-electron chi connectivity index (χ1n) is 6.70. The van der Waals surface area contributed by atoms with E-state index in [9.17, 15) is 8.42 Å². The quantitative estimate of drug-likeness (QED) is 0.855. The Balaban J connectivity index is 1.86. The molecule has 4 nitrogen and oxygen atoms in total. The molecule has 0 saturated carbocycles. The highest BCUT2D eigenvalue weighted by atomic mass is 35.5. The molecule has 1 unspecified atom stereocenters. The number of hydrogen-bond acceptors (Lipinski definition) is 4. The van der Waals surface area contributed by atoms with Crippen molar-refractivity contribution in [3.8, 4) is 0 Å². The fraction of sp³-hybridized carbons (Fsp3) is 0.357. The smallest absolute Gasteiger partial charge is 0.218 e. The molecule has 1 aromatic heterocycles. The van der Waals surface area contributed by atoms with Crippen LogP contribution in [0.5, 0.6) is 0 Å². The van der Waals surface area contributed by atoms with Crippen LogP contribution in [-0.4, -0.2) is 24.3 Å². The molecule has 7 heteroatoms. The lowest BCUT2D eigenvalue weighted by Gasteiger charge is -2.22. The van der Waals surface area contributed by atoms with E-state index >= 15 is 0 Å². The van der Waals surface area contributed by atoms with Crippen LogP contribution in [0.15, 0.2) is 35.8 Å². The molecule has 0 bridgehead atoms. The van der Waals surface area contributed by atoms with Crippen LogP contribution in [0.1, 0.15) is 29.5 Å². The lowest BCUT2D eigenvalue weighted by atomic mass is 10.2. The van der Waals surface area contributed by atoms with Crippen molar-refractivity contribution in [2.24, 2.45) is 0 Å². The lowest BCUT2D eigenvalue weighted by Crippen LogP contribution is -2.31. The van der Waals surface area contributed by atoms with Crippen LogP contribution in [0.3, 0.4) is 0 Å². The predicted molar refractivity (Wildman–Crippen MR) is 84.9 cm³/mol. The van der Waals surface area contributed by atoms with E-state index in [1.165, 1.54) is 11.3 Å². The van der Waals surface area contributed by atoms with Crippen LogP contribution in [0.2, 0.25) is 5.02 Å². The largest absolute Gasteiger partial charge is 0.248 e. The van der Waals surface area contributed by atoms with Gasteiger partial charge in [0.2, 0.25) is 10.0 Å². The third-order valence-electron chi connectivity index (χ3n) is 3.59. The summed E-state index contributed by atoms with van der Waals surface area (Å²) in [5, 5.41) is 3.24. The second-order valence-corrected chi connectivity index (χ2v) is 8.24. The second-order valence-electron chi connectivity index (χ2n) is 4.99.